The fourth-order valence-electron chi connectivity index (χ4n) is 8.67. The topological polar surface area (TPSA) is 149 Å². The van der Waals surface area contributed by atoms with Crippen LogP contribution in [0.25, 0.3) is 0 Å². The molecule has 6 bridgehead atoms. The van der Waals surface area contributed by atoms with Gasteiger partial charge in [0, 0.05) is 18.3 Å². The van der Waals surface area contributed by atoms with E-state index >= 15 is 0 Å². The number of nitriles is 1. The first-order chi connectivity index (χ1) is 20.0. The standard InChI is InChI=1S/C17H21NO6.C16H26O3/c1-4-16(2,3)14(20)22-7-11(19)23-12-9-5-10-13(12)24-15(21)17(10,6-9)8-18;1-4-14(2,3)13(17)19-16-8-11-5-12(9-16)7-15(18,6-11)10-16/h9-10,12-13H,4-7H2,1-3H3;11-12,18H,4-10H2,1-3H3. The lowest BCUT2D eigenvalue weighted by molar-refractivity contribution is -0.225. The summed E-state index contributed by atoms with van der Waals surface area (Å²) in [5.74, 6) is -0.841. The smallest absolute Gasteiger partial charge is 0.344 e. The van der Waals surface area contributed by atoms with Gasteiger partial charge in [-0.3, -0.25) is 14.4 Å². The van der Waals surface area contributed by atoms with Crippen LogP contribution < -0.4 is 0 Å². The average molecular weight is 602 g/mol. The van der Waals surface area contributed by atoms with Crippen LogP contribution in [-0.4, -0.2) is 59.0 Å². The molecule has 1 heterocycles. The minimum Gasteiger partial charge on any atom is -0.459 e. The van der Waals surface area contributed by atoms with E-state index in [0.717, 1.165) is 32.1 Å². The minimum absolute atomic E-state index is 0.0576. The lowest BCUT2D eigenvalue weighted by atomic mass is 9.52. The van der Waals surface area contributed by atoms with E-state index in [1.165, 1.54) is 6.42 Å². The van der Waals surface area contributed by atoms with E-state index in [4.69, 9.17) is 18.9 Å². The van der Waals surface area contributed by atoms with Crippen molar-refractivity contribution in [1.82, 2.24) is 0 Å². The van der Waals surface area contributed by atoms with E-state index in [9.17, 15) is 29.5 Å². The summed E-state index contributed by atoms with van der Waals surface area (Å²) in [6, 6.07) is 2.10. The molecule has 6 saturated carbocycles. The third kappa shape index (κ3) is 5.55. The van der Waals surface area contributed by atoms with E-state index in [2.05, 4.69) is 6.07 Å². The van der Waals surface area contributed by atoms with Crippen LogP contribution in [-0.2, 0) is 38.1 Å². The first kappa shape index (κ1) is 31.7. The highest BCUT2D eigenvalue weighted by atomic mass is 16.6. The zero-order chi connectivity index (χ0) is 31.6. The second kappa shape index (κ2) is 10.7. The van der Waals surface area contributed by atoms with Gasteiger partial charge in [0.1, 0.15) is 17.8 Å². The first-order valence-corrected chi connectivity index (χ1v) is 16.0. The fourth-order valence-corrected chi connectivity index (χ4v) is 8.67. The SMILES string of the molecule is CCC(C)(C)C(=O)OC12CC3CC(CC(O)(C3)C1)C2.CCC(C)(C)C(=O)OCC(=O)OC1C2CC3C1OC(=O)C3(C#N)C2. The summed E-state index contributed by atoms with van der Waals surface area (Å²) in [5, 5.41) is 20.0. The van der Waals surface area contributed by atoms with Crippen LogP contribution in [0.3, 0.4) is 0 Å². The van der Waals surface area contributed by atoms with Gasteiger partial charge in [-0.15, -0.1) is 0 Å². The van der Waals surface area contributed by atoms with Crippen LogP contribution in [0.2, 0.25) is 0 Å². The fraction of sp³-hybridized carbons (Fsp3) is 0.848. The zero-order valence-electron chi connectivity index (χ0n) is 26.4. The van der Waals surface area contributed by atoms with Gasteiger partial charge in [0.15, 0.2) is 12.0 Å². The number of carbonyl (C=O) groups excluding carboxylic acids is 4. The lowest BCUT2D eigenvalue weighted by Crippen LogP contribution is -2.61. The molecule has 238 valence electrons. The Morgan fingerprint density at radius 1 is 0.977 bits per heavy atom. The average Bonchev–Trinajstić information content (AvgIpc) is 3.52. The number of fused-ring (bicyclic) bond motifs is 1. The third-order valence-electron chi connectivity index (χ3n) is 11.5. The maximum absolute atomic E-state index is 12.4. The Balaban J connectivity index is 0.000000176. The van der Waals surface area contributed by atoms with Gasteiger partial charge in [-0.1, -0.05) is 13.8 Å². The van der Waals surface area contributed by atoms with Crippen LogP contribution in [0.15, 0.2) is 0 Å². The van der Waals surface area contributed by atoms with E-state index < -0.39 is 58.6 Å². The van der Waals surface area contributed by atoms with Crippen molar-refractivity contribution in [1.29, 1.82) is 5.26 Å². The van der Waals surface area contributed by atoms with E-state index in [0.29, 0.717) is 37.5 Å². The summed E-state index contributed by atoms with van der Waals surface area (Å²) in [5.41, 5.74) is -3.04. The molecule has 1 saturated heterocycles. The molecule has 7 fully saturated rings. The van der Waals surface area contributed by atoms with Crippen LogP contribution in [0.5, 0.6) is 0 Å². The summed E-state index contributed by atoms with van der Waals surface area (Å²) in [4.78, 5) is 48.2. The quantitative estimate of drug-likeness (QED) is 0.313. The van der Waals surface area contributed by atoms with Gasteiger partial charge in [0.2, 0.25) is 0 Å². The number of esters is 4. The number of rotatable bonds is 8. The van der Waals surface area contributed by atoms with Gasteiger partial charge >= 0.3 is 23.9 Å². The largest absolute Gasteiger partial charge is 0.459 e. The van der Waals surface area contributed by atoms with Gasteiger partial charge in [0.05, 0.1) is 22.5 Å². The molecular formula is C33H47NO9. The molecule has 1 N–H and O–H groups in total. The third-order valence-corrected chi connectivity index (χ3v) is 11.5. The van der Waals surface area contributed by atoms with Crippen molar-refractivity contribution in [2.24, 2.45) is 39.9 Å². The Bertz CT molecular complexity index is 1200. The predicted octanol–water partition coefficient (Wildman–Crippen LogP) is 4.40. The molecule has 10 nitrogen and oxygen atoms in total. The highest BCUT2D eigenvalue weighted by Gasteiger charge is 2.72. The molecule has 7 atom stereocenters. The number of hydrogen-bond acceptors (Lipinski definition) is 10. The Morgan fingerprint density at radius 2 is 1.58 bits per heavy atom. The number of ether oxygens (including phenoxy) is 4. The van der Waals surface area contributed by atoms with E-state index in [1.807, 2.05) is 27.7 Å². The van der Waals surface area contributed by atoms with Crippen molar-refractivity contribution in [3.63, 3.8) is 0 Å². The first-order valence-electron chi connectivity index (χ1n) is 16.0. The van der Waals surface area contributed by atoms with Crippen LogP contribution in [0.1, 0.15) is 106 Å². The van der Waals surface area contributed by atoms with Crippen LogP contribution in [0, 0.1) is 51.2 Å². The number of nitrogens with zero attached hydrogens (tertiary/aromatic N) is 1. The second-order valence-corrected chi connectivity index (χ2v) is 15.5. The molecule has 0 spiro atoms. The predicted molar refractivity (Wildman–Crippen MR) is 152 cm³/mol. The van der Waals surface area contributed by atoms with Gasteiger partial charge in [0.25, 0.3) is 0 Å². The molecule has 0 aromatic heterocycles. The molecule has 0 aromatic carbocycles. The second-order valence-electron chi connectivity index (χ2n) is 15.5. The molecule has 6 aliphatic carbocycles. The summed E-state index contributed by atoms with van der Waals surface area (Å²) >= 11 is 0. The van der Waals surface area contributed by atoms with Gasteiger partial charge in [-0.25, -0.2) is 4.79 Å². The molecular weight excluding hydrogens is 554 g/mol. The molecule has 43 heavy (non-hydrogen) atoms. The van der Waals surface area contributed by atoms with Crippen LogP contribution >= 0.6 is 0 Å². The van der Waals surface area contributed by atoms with Crippen molar-refractivity contribution < 1.29 is 43.2 Å². The van der Waals surface area contributed by atoms with Crippen molar-refractivity contribution in [2.45, 2.75) is 129 Å². The minimum atomic E-state index is -1.06. The van der Waals surface area contributed by atoms with Gasteiger partial charge in [-0.2, -0.15) is 5.26 Å². The van der Waals surface area contributed by atoms with Crippen molar-refractivity contribution >= 4 is 23.9 Å². The Hall–Kier alpha value is -2.67. The lowest BCUT2D eigenvalue weighted by Gasteiger charge is -2.59. The molecule has 0 radical (unpaired) electrons. The molecule has 7 unspecified atom stereocenters. The molecule has 0 amide bonds. The summed E-state index contributed by atoms with van der Waals surface area (Å²) in [6.45, 7) is 10.8. The van der Waals surface area contributed by atoms with Crippen LogP contribution in [0.4, 0.5) is 0 Å². The summed E-state index contributed by atoms with van der Waals surface area (Å²) in [7, 11) is 0. The maximum atomic E-state index is 12.4. The van der Waals surface area contributed by atoms with Crippen molar-refractivity contribution in [3.8, 4) is 6.07 Å². The highest BCUT2D eigenvalue weighted by molar-refractivity contribution is 5.85. The summed E-state index contributed by atoms with van der Waals surface area (Å²) < 4.78 is 21.7. The van der Waals surface area contributed by atoms with Crippen molar-refractivity contribution in [3.05, 3.63) is 0 Å². The number of hydrogen-bond donors (Lipinski definition) is 1. The van der Waals surface area contributed by atoms with E-state index in [-0.39, 0.29) is 23.4 Å². The Labute approximate surface area is 254 Å². The van der Waals surface area contributed by atoms with Gasteiger partial charge < -0.3 is 24.1 Å². The molecule has 7 aliphatic rings. The van der Waals surface area contributed by atoms with Gasteiger partial charge in [-0.05, 0) is 97.3 Å². The number of carbonyl (C=O) groups is 4. The normalized spacial score (nSPS) is 39.8. The molecule has 1 aliphatic heterocycles. The molecule has 7 rings (SSSR count). The van der Waals surface area contributed by atoms with Crippen molar-refractivity contribution in [2.75, 3.05) is 6.61 Å². The maximum Gasteiger partial charge on any atom is 0.344 e. The molecule has 10 heteroatoms. The zero-order valence-corrected chi connectivity index (χ0v) is 26.4. The number of aliphatic hydroxyl groups is 1. The Morgan fingerprint density at radius 3 is 2.14 bits per heavy atom. The highest BCUT2D eigenvalue weighted by Crippen LogP contribution is 2.62. The van der Waals surface area contributed by atoms with E-state index in [1.54, 1.807) is 13.8 Å². The Kier molecular flexibility index (Phi) is 7.93. The molecule has 0 aromatic rings. The monoisotopic (exact) mass is 601 g/mol. The summed E-state index contributed by atoms with van der Waals surface area (Å²) in [6.07, 6.45) is 6.96.